The predicted molar refractivity (Wildman–Crippen MR) is 99.5 cm³/mol. The van der Waals surface area contributed by atoms with Crippen LogP contribution in [0.5, 0.6) is 0 Å². The van der Waals surface area contributed by atoms with Crippen LogP contribution in [-0.2, 0) is 6.54 Å². The Balaban J connectivity index is 1.55. The molecule has 0 unspecified atom stereocenters. The number of anilines is 1. The van der Waals surface area contributed by atoms with Crippen molar-refractivity contribution in [2.75, 3.05) is 25.0 Å². The standard InChI is InChI=1S/C17H18N6O2S/c1-22(10-13-19-11-4-7-26-15(11)16(24)21-13)14-9-18-8-12(20-14)17(25)23-5-2-3-6-23/h4,7-9H,2-3,5-6,10H2,1H3,(H,19,21,24). The molecule has 134 valence electrons. The van der Waals surface area contributed by atoms with Gasteiger partial charge in [-0.1, -0.05) is 0 Å². The average Bonchev–Trinajstić information content (AvgIpc) is 3.33. The van der Waals surface area contributed by atoms with Gasteiger partial charge in [-0.2, -0.15) is 0 Å². The van der Waals surface area contributed by atoms with Gasteiger partial charge in [-0.25, -0.2) is 9.97 Å². The summed E-state index contributed by atoms with van der Waals surface area (Å²) < 4.78 is 0.620. The van der Waals surface area contributed by atoms with E-state index in [1.54, 1.807) is 11.1 Å². The molecule has 0 aromatic carbocycles. The van der Waals surface area contributed by atoms with Crippen LogP contribution in [0.3, 0.4) is 0 Å². The maximum Gasteiger partial charge on any atom is 0.274 e. The van der Waals surface area contributed by atoms with E-state index in [4.69, 9.17) is 0 Å². The number of aromatic amines is 1. The van der Waals surface area contributed by atoms with E-state index in [0.29, 0.717) is 34.1 Å². The molecule has 9 heteroatoms. The number of likely N-dealkylation sites (tertiary alicyclic amines) is 1. The molecule has 0 bridgehead atoms. The molecular weight excluding hydrogens is 352 g/mol. The highest BCUT2D eigenvalue weighted by molar-refractivity contribution is 7.17. The van der Waals surface area contributed by atoms with E-state index < -0.39 is 0 Å². The number of H-pyrrole nitrogens is 1. The molecule has 0 radical (unpaired) electrons. The van der Waals surface area contributed by atoms with Crippen LogP contribution in [0.4, 0.5) is 5.82 Å². The van der Waals surface area contributed by atoms with Crippen LogP contribution in [0.25, 0.3) is 10.2 Å². The second-order valence-corrected chi connectivity index (χ2v) is 7.18. The highest BCUT2D eigenvalue weighted by Crippen LogP contribution is 2.16. The molecule has 0 saturated carbocycles. The van der Waals surface area contributed by atoms with Crippen LogP contribution < -0.4 is 10.5 Å². The number of rotatable bonds is 4. The minimum Gasteiger partial charge on any atom is -0.351 e. The molecule has 26 heavy (non-hydrogen) atoms. The summed E-state index contributed by atoms with van der Waals surface area (Å²) in [5.74, 6) is 1.01. The third-order valence-corrected chi connectivity index (χ3v) is 5.28. The highest BCUT2D eigenvalue weighted by atomic mass is 32.1. The normalized spacial score (nSPS) is 14.1. The molecule has 0 spiro atoms. The number of nitrogens with one attached hydrogen (secondary N) is 1. The quantitative estimate of drug-likeness (QED) is 0.750. The molecule has 4 rings (SSSR count). The Morgan fingerprint density at radius 1 is 1.31 bits per heavy atom. The van der Waals surface area contributed by atoms with Gasteiger partial charge in [0.15, 0.2) is 0 Å². The number of hydrogen-bond acceptors (Lipinski definition) is 7. The SMILES string of the molecule is CN(Cc1nc2ccsc2c(=O)[nH]1)c1cncc(C(=O)N2CCCC2)n1. The van der Waals surface area contributed by atoms with E-state index in [-0.39, 0.29) is 11.5 Å². The van der Waals surface area contributed by atoms with Crippen LogP contribution in [0.2, 0.25) is 0 Å². The summed E-state index contributed by atoms with van der Waals surface area (Å²) in [6.45, 7) is 1.90. The Morgan fingerprint density at radius 3 is 2.92 bits per heavy atom. The number of fused-ring (bicyclic) bond motifs is 1. The minimum atomic E-state index is -0.141. The summed E-state index contributed by atoms with van der Waals surface area (Å²) in [6.07, 6.45) is 5.16. The van der Waals surface area contributed by atoms with E-state index >= 15 is 0 Å². The summed E-state index contributed by atoms with van der Waals surface area (Å²) in [6, 6.07) is 1.83. The fourth-order valence-electron chi connectivity index (χ4n) is 3.03. The Kier molecular flexibility index (Phi) is 4.37. The summed E-state index contributed by atoms with van der Waals surface area (Å²) in [4.78, 5) is 44.1. The number of carbonyl (C=O) groups excluding carboxylic acids is 1. The Labute approximate surface area is 153 Å². The number of thiophene rings is 1. The van der Waals surface area contributed by atoms with Crippen LogP contribution >= 0.6 is 11.3 Å². The van der Waals surface area contributed by atoms with Crippen molar-refractivity contribution in [3.05, 3.63) is 45.7 Å². The Morgan fingerprint density at radius 2 is 2.12 bits per heavy atom. The van der Waals surface area contributed by atoms with Crippen LogP contribution in [0.1, 0.15) is 29.2 Å². The number of amides is 1. The topological polar surface area (TPSA) is 95.1 Å². The summed E-state index contributed by atoms with van der Waals surface area (Å²) >= 11 is 1.37. The van der Waals surface area contributed by atoms with E-state index in [9.17, 15) is 9.59 Å². The third-order valence-electron chi connectivity index (χ3n) is 4.38. The lowest BCUT2D eigenvalue weighted by Crippen LogP contribution is -2.29. The average molecular weight is 370 g/mol. The van der Waals surface area contributed by atoms with Crippen molar-refractivity contribution in [3.63, 3.8) is 0 Å². The van der Waals surface area contributed by atoms with Crippen LogP contribution in [0.15, 0.2) is 28.6 Å². The smallest absolute Gasteiger partial charge is 0.274 e. The van der Waals surface area contributed by atoms with Gasteiger partial charge < -0.3 is 14.8 Å². The van der Waals surface area contributed by atoms with Crippen molar-refractivity contribution in [3.8, 4) is 0 Å². The largest absolute Gasteiger partial charge is 0.351 e. The molecule has 3 aromatic heterocycles. The molecule has 1 amide bonds. The highest BCUT2D eigenvalue weighted by Gasteiger charge is 2.21. The number of hydrogen-bond donors (Lipinski definition) is 1. The van der Waals surface area contributed by atoms with Gasteiger partial charge in [0, 0.05) is 20.1 Å². The zero-order chi connectivity index (χ0) is 18.1. The van der Waals surface area contributed by atoms with E-state index in [1.165, 1.54) is 17.5 Å². The van der Waals surface area contributed by atoms with Gasteiger partial charge in [0.1, 0.15) is 22.0 Å². The van der Waals surface area contributed by atoms with Gasteiger partial charge in [0.2, 0.25) is 0 Å². The molecule has 1 saturated heterocycles. The minimum absolute atomic E-state index is 0.0866. The second-order valence-electron chi connectivity index (χ2n) is 6.27. The van der Waals surface area contributed by atoms with E-state index in [1.807, 2.05) is 23.4 Å². The molecule has 1 aliphatic rings. The molecule has 0 aliphatic carbocycles. The second kappa shape index (κ2) is 6.83. The van der Waals surface area contributed by atoms with Gasteiger partial charge in [-0.05, 0) is 24.3 Å². The number of nitrogens with zero attached hydrogens (tertiary/aromatic N) is 5. The van der Waals surface area contributed by atoms with Crippen LogP contribution in [-0.4, -0.2) is 50.9 Å². The van der Waals surface area contributed by atoms with Crippen molar-refractivity contribution in [2.45, 2.75) is 19.4 Å². The molecule has 1 aliphatic heterocycles. The molecule has 8 nitrogen and oxygen atoms in total. The summed E-state index contributed by atoms with van der Waals surface area (Å²) in [5.41, 5.74) is 0.884. The fourth-order valence-corrected chi connectivity index (χ4v) is 3.75. The van der Waals surface area contributed by atoms with Gasteiger partial charge in [0.05, 0.1) is 24.5 Å². The molecule has 1 N–H and O–H groups in total. The van der Waals surface area contributed by atoms with Gasteiger partial charge in [0.25, 0.3) is 11.5 Å². The first-order valence-corrected chi connectivity index (χ1v) is 9.28. The van der Waals surface area contributed by atoms with Crippen molar-refractivity contribution in [1.82, 2.24) is 24.8 Å². The first kappa shape index (κ1) is 16.6. The summed E-state index contributed by atoms with van der Waals surface area (Å²) in [5, 5.41) is 1.85. The van der Waals surface area contributed by atoms with Crippen molar-refractivity contribution in [1.29, 1.82) is 0 Å². The number of carbonyl (C=O) groups is 1. The Hall–Kier alpha value is -2.81. The zero-order valence-corrected chi connectivity index (χ0v) is 15.1. The molecule has 1 fully saturated rings. The number of aromatic nitrogens is 4. The first-order valence-electron chi connectivity index (χ1n) is 8.40. The first-order chi connectivity index (χ1) is 12.6. The van der Waals surface area contributed by atoms with Crippen molar-refractivity contribution >= 4 is 33.3 Å². The van der Waals surface area contributed by atoms with Crippen LogP contribution in [0, 0.1) is 0 Å². The zero-order valence-electron chi connectivity index (χ0n) is 14.3. The summed E-state index contributed by atoms with van der Waals surface area (Å²) in [7, 11) is 1.83. The maximum absolute atomic E-state index is 12.5. The van der Waals surface area contributed by atoms with Crippen molar-refractivity contribution < 1.29 is 4.79 Å². The van der Waals surface area contributed by atoms with E-state index in [0.717, 1.165) is 25.9 Å². The molecular formula is C17H18N6O2S. The molecule has 4 heterocycles. The lowest BCUT2D eigenvalue weighted by atomic mass is 10.3. The van der Waals surface area contributed by atoms with Gasteiger partial charge >= 0.3 is 0 Å². The predicted octanol–water partition coefficient (Wildman–Crippen LogP) is 1.65. The third kappa shape index (κ3) is 3.17. The lowest BCUT2D eigenvalue weighted by molar-refractivity contribution is 0.0786. The lowest BCUT2D eigenvalue weighted by Gasteiger charge is -2.19. The van der Waals surface area contributed by atoms with Gasteiger partial charge in [-0.3, -0.25) is 14.6 Å². The van der Waals surface area contributed by atoms with Gasteiger partial charge in [-0.15, -0.1) is 11.3 Å². The van der Waals surface area contributed by atoms with Crippen molar-refractivity contribution in [2.24, 2.45) is 0 Å². The monoisotopic (exact) mass is 370 g/mol. The molecule has 3 aromatic rings. The Bertz CT molecular complexity index is 1010. The maximum atomic E-state index is 12.5. The fraction of sp³-hybridized carbons (Fsp3) is 0.353. The molecule has 0 atom stereocenters. The van der Waals surface area contributed by atoms with E-state index in [2.05, 4.69) is 19.9 Å².